The minimum atomic E-state index is 0.248. The van der Waals surface area contributed by atoms with Crippen LogP contribution in [-0.4, -0.2) is 14.9 Å². The molecule has 4 heteroatoms. The Kier molecular flexibility index (Phi) is 1.58. The Morgan fingerprint density at radius 2 is 2.25 bits per heavy atom. The zero-order valence-corrected chi connectivity index (χ0v) is 8.04. The van der Waals surface area contributed by atoms with Crippen LogP contribution in [0.25, 0.3) is 10.9 Å². The van der Waals surface area contributed by atoms with Gasteiger partial charge in [0.05, 0.1) is 11.7 Å². The summed E-state index contributed by atoms with van der Waals surface area (Å²) in [7, 11) is 1.84. The molecule has 1 aromatic carbocycles. The smallest absolute Gasteiger partial charge is 0.118 e. The lowest BCUT2D eigenvalue weighted by atomic mass is 10.2. The second-order valence-corrected chi connectivity index (χ2v) is 3.48. The van der Waals surface area contributed by atoms with E-state index in [-0.39, 0.29) is 5.75 Å². The van der Waals surface area contributed by atoms with Crippen LogP contribution in [0.3, 0.4) is 0 Å². The van der Waals surface area contributed by atoms with E-state index in [9.17, 15) is 5.11 Å². The molecule has 0 atom stereocenters. The third-order valence-electron chi connectivity index (χ3n) is 1.80. The summed E-state index contributed by atoms with van der Waals surface area (Å²) in [5.41, 5.74) is 0.918. The van der Waals surface area contributed by atoms with E-state index in [4.69, 9.17) is 0 Å². The van der Waals surface area contributed by atoms with Gasteiger partial charge in [-0.1, -0.05) is 0 Å². The lowest BCUT2D eigenvalue weighted by Crippen LogP contribution is -1.87. The SMILES string of the molecule is Cn1ncc2c(Br)cc(O)cc21. The number of phenolic OH excluding ortho intramolecular Hbond substituents is 1. The van der Waals surface area contributed by atoms with Crippen molar-refractivity contribution >= 4 is 26.8 Å². The molecule has 2 aromatic rings. The van der Waals surface area contributed by atoms with Crippen LogP contribution in [0.2, 0.25) is 0 Å². The second kappa shape index (κ2) is 2.48. The Morgan fingerprint density at radius 1 is 1.50 bits per heavy atom. The van der Waals surface area contributed by atoms with Crippen molar-refractivity contribution in [2.24, 2.45) is 7.05 Å². The van der Waals surface area contributed by atoms with E-state index >= 15 is 0 Å². The number of halogens is 1. The molecule has 12 heavy (non-hydrogen) atoms. The quantitative estimate of drug-likeness (QED) is 0.747. The Balaban J connectivity index is 2.92. The third-order valence-corrected chi connectivity index (χ3v) is 2.46. The number of aromatic hydroxyl groups is 1. The molecular formula is C8H7BrN2O. The van der Waals surface area contributed by atoms with Crippen LogP contribution in [0.1, 0.15) is 0 Å². The zero-order chi connectivity index (χ0) is 8.72. The van der Waals surface area contributed by atoms with Crippen LogP contribution >= 0.6 is 15.9 Å². The topological polar surface area (TPSA) is 38.0 Å². The number of hydrogen-bond acceptors (Lipinski definition) is 2. The molecule has 1 aromatic heterocycles. The molecule has 0 fully saturated rings. The van der Waals surface area contributed by atoms with Crippen molar-refractivity contribution in [2.45, 2.75) is 0 Å². The number of fused-ring (bicyclic) bond motifs is 1. The lowest BCUT2D eigenvalue weighted by Gasteiger charge is -1.97. The summed E-state index contributed by atoms with van der Waals surface area (Å²) in [6, 6.07) is 3.34. The molecule has 0 aliphatic carbocycles. The van der Waals surface area contributed by atoms with Gasteiger partial charge < -0.3 is 5.11 Å². The monoisotopic (exact) mass is 226 g/mol. The normalized spacial score (nSPS) is 10.8. The maximum atomic E-state index is 9.28. The van der Waals surface area contributed by atoms with Crippen LogP contribution in [0.4, 0.5) is 0 Å². The molecule has 1 N–H and O–H groups in total. The van der Waals surface area contributed by atoms with Crippen LogP contribution < -0.4 is 0 Å². The fraction of sp³-hybridized carbons (Fsp3) is 0.125. The molecule has 0 spiro atoms. The number of hydrogen-bond donors (Lipinski definition) is 1. The highest BCUT2D eigenvalue weighted by Gasteiger charge is 2.04. The molecule has 0 aliphatic heterocycles. The maximum absolute atomic E-state index is 9.28. The van der Waals surface area contributed by atoms with Gasteiger partial charge in [0.2, 0.25) is 0 Å². The van der Waals surface area contributed by atoms with Gasteiger partial charge in [0.25, 0.3) is 0 Å². The highest BCUT2D eigenvalue weighted by molar-refractivity contribution is 9.10. The molecule has 0 aliphatic rings. The summed E-state index contributed by atoms with van der Waals surface area (Å²) in [4.78, 5) is 0. The molecule has 0 unspecified atom stereocenters. The molecule has 62 valence electrons. The molecule has 0 amide bonds. The zero-order valence-electron chi connectivity index (χ0n) is 6.45. The van der Waals surface area contributed by atoms with Crippen molar-refractivity contribution < 1.29 is 5.11 Å². The fourth-order valence-electron chi connectivity index (χ4n) is 1.19. The molecule has 3 nitrogen and oxygen atoms in total. The van der Waals surface area contributed by atoms with E-state index in [1.807, 2.05) is 7.05 Å². The highest BCUT2D eigenvalue weighted by Crippen LogP contribution is 2.27. The Morgan fingerprint density at radius 3 is 3.00 bits per heavy atom. The summed E-state index contributed by atoms with van der Waals surface area (Å²) in [6.45, 7) is 0. The fourth-order valence-corrected chi connectivity index (χ4v) is 1.73. The maximum Gasteiger partial charge on any atom is 0.118 e. The molecule has 0 saturated heterocycles. The minimum Gasteiger partial charge on any atom is -0.508 e. The van der Waals surface area contributed by atoms with E-state index in [0.717, 1.165) is 15.4 Å². The van der Waals surface area contributed by atoms with Crippen molar-refractivity contribution in [2.75, 3.05) is 0 Å². The van der Waals surface area contributed by atoms with E-state index in [0.29, 0.717) is 0 Å². The van der Waals surface area contributed by atoms with Crippen molar-refractivity contribution in [3.05, 3.63) is 22.8 Å². The van der Waals surface area contributed by atoms with Gasteiger partial charge in [-0.3, -0.25) is 4.68 Å². The molecule has 1 heterocycles. The summed E-state index contributed by atoms with van der Waals surface area (Å²) in [5, 5.41) is 14.4. The average Bonchev–Trinajstić information content (AvgIpc) is 2.33. The van der Waals surface area contributed by atoms with Gasteiger partial charge in [0, 0.05) is 23.0 Å². The van der Waals surface area contributed by atoms with Crippen LogP contribution in [-0.2, 0) is 7.05 Å². The van der Waals surface area contributed by atoms with Gasteiger partial charge >= 0.3 is 0 Å². The minimum absolute atomic E-state index is 0.248. The number of phenols is 1. The first-order valence-electron chi connectivity index (χ1n) is 3.48. The Hall–Kier alpha value is -1.03. The first-order chi connectivity index (χ1) is 5.68. The van der Waals surface area contributed by atoms with Crippen LogP contribution in [0.5, 0.6) is 5.75 Å². The highest BCUT2D eigenvalue weighted by atomic mass is 79.9. The van der Waals surface area contributed by atoms with Crippen LogP contribution in [0.15, 0.2) is 22.8 Å². The lowest BCUT2D eigenvalue weighted by molar-refractivity contribution is 0.475. The van der Waals surface area contributed by atoms with Crippen LogP contribution in [0, 0.1) is 0 Å². The van der Waals surface area contributed by atoms with Crippen molar-refractivity contribution in [3.8, 4) is 5.75 Å². The number of nitrogens with zero attached hydrogens (tertiary/aromatic N) is 2. The Bertz CT molecular complexity index is 436. The summed E-state index contributed by atoms with van der Waals surface area (Å²) >= 11 is 3.35. The summed E-state index contributed by atoms with van der Waals surface area (Å²) < 4.78 is 2.59. The van der Waals surface area contributed by atoms with E-state index in [2.05, 4.69) is 21.0 Å². The van der Waals surface area contributed by atoms with Gasteiger partial charge in [-0.05, 0) is 22.0 Å². The first kappa shape index (κ1) is 7.61. The largest absolute Gasteiger partial charge is 0.508 e. The standard InChI is InChI=1S/C8H7BrN2O/c1-11-8-3-5(12)2-7(9)6(8)4-10-11/h2-4,12H,1H3. The van der Waals surface area contributed by atoms with E-state index in [1.54, 1.807) is 23.0 Å². The predicted molar refractivity (Wildman–Crippen MR) is 50.1 cm³/mol. The van der Waals surface area contributed by atoms with Gasteiger partial charge in [-0.2, -0.15) is 5.10 Å². The van der Waals surface area contributed by atoms with Gasteiger partial charge in [0.15, 0.2) is 0 Å². The summed E-state index contributed by atoms with van der Waals surface area (Å²) in [5.74, 6) is 0.248. The summed E-state index contributed by atoms with van der Waals surface area (Å²) in [6.07, 6.45) is 1.76. The van der Waals surface area contributed by atoms with Crippen molar-refractivity contribution in [1.82, 2.24) is 9.78 Å². The molecule has 0 saturated carbocycles. The van der Waals surface area contributed by atoms with Crippen molar-refractivity contribution in [3.63, 3.8) is 0 Å². The van der Waals surface area contributed by atoms with E-state index < -0.39 is 0 Å². The number of aryl methyl sites for hydroxylation is 1. The number of benzene rings is 1. The molecule has 2 rings (SSSR count). The molecular weight excluding hydrogens is 220 g/mol. The third kappa shape index (κ3) is 0.992. The first-order valence-corrected chi connectivity index (χ1v) is 4.28. The van der Waals surface area contributed by atoms with Gasteiger partial charge in [-0.15, -0.1) is 0 Å². The van der Waals surface area contributed by atoms with Crippen molar-refractivity contribution in [1.29, 1.82) is 0 Å². The second-order valence-electron chi connectivity index (χ2n) is 2.63. The molecule has 0 bridgehead atoms. The van der Waals surface area contributed by atoms with Gasteiger partial charge in [-0.25, -0.2) is 0 Å². The average molecular weight is 227 g/mol. The Labute approximate surface area is 77.7 Å². The van der Waals surface area contributed by atoms with Gasteiger partial charge in [0.1, 0.15) is 5.75 Å². The number of rotatable bonds is 0. The predicted octanol–water partition coefficient (Wildman–Crippen LogP) is 2.04. The molecule has 0 radical (unpaired) electrons. The number of aromatic nitrogens is 2. The van der Waals surface area contributed by atoms with E-state index in [1.165, 1.54) is 0 Å².